The van der Waals surface area contributed by atoms with Gasteiger partial charge in [0.1, 0.15) is 12.4 Å². The largest absolute Gasteiger partial charge is 0.491 e. The third-order valence-corrected chi connectivity index (χ3v) is 3.91. The zero-order valence-corrected chi connectivity index (χ0v) is 13.6. The zero-order chi connectivity index (χ0) is 15.0. The summed E-state index contributed by atoms with van der Waals surface area (Å²) in [6, 6.07) is 5.68. The van der Waals surface area contributed by atoms with Crippen molar-refractivity contribution in [1.29, 1.82) is 0 Å². The Hall–Kier alpha value is -0.480. The lowest BCUT2D eigenvalue weighted by atomic mass is 10.1. The molecule has 1 rings (SSSR count). The van der Waals surface area contributed by atoms with Crippen molar-refractivity contribution < 1.29 is 9.84 Å². The first-order valence-corrected chi connectivity index (χ1v) is 7.80. The maximum atomic E-state index is 9.15. The fourth-order valence-electron chi connectivity index (χ4n) is 2.28. The Balaban J connectivity index is 2.51. The van der Waals surface area contributed by atoms with Crippen molar-refractivity contribution in [3.63, 3.8) is 0 Å². The molecule has 1 N–H and O–H groups in total. The molecule has 0 aromatic heterocycles. The highest BCUT2D eigenvalue weighted by molar-refractivity contribution is 6.35. The van der Waals surface area contributed by atoms with Crippen molar-refractivity contribution in [1.82, 2.24) is 4.90 Å². The molecule has 0 fully saturated rings. The Morgan fingerprint density at radius 1 is 1.20 bits per heavy atom. The lowest BCUT2D eigenvalue weighted by Crippen LogP contribution is -2.39. The lowest BCUT2D eigenvalue weighted by molar-refractivity contribution is 0.122. The molecule has 114 valence electrons. The van der Waals surface area contributed by atoms with Crippen molar-refractivity contribution in [2.75, 3.05) is 26.3 Å². The molecule has 1 aromatic rings. The highest BCUT2D eigenvalue weighted by Gasteiger charge is 2.14. The number of halogens is 2. The third kappa shape index (κ3) is 5.49. The van der Waals surface area contributed by atoms with Gasteiger partial charge in [0.25, 0.3) is 0 Å². The number of hydrogen-bond donors (Lipinski definition) is 1. The van der Waals surface area contributed by atoms with E-state index in [1.165, 1.54) is 0 Å². The first-order chi connectivity index (χ1) is 9.62. The molecule has 0 spiro atoms. The maximum absolute atomic E-state index is 9.15. The lowest BCUT2D eigenvalue weighted by Gasteiger charge is -2.29. The Bertz CT molecular complexity index is 397. The summed E-state index contributed by atoms with van der Waals surface area (Å²) in [4.78, 5) is 2.25. The first-order valence-electron chi connectivity index (χ1n) is 7.05. The normalized spacial score (nSPS) is 11.3. The summed E-state index contributed by atoms with van der Waals surface area (Å²) in [5.41, 5.74) is 0. The average Bonchev–Trinajstić information content (AvgIpc) is 2.42. The summed E-state index contributed by atoms with van der Waals surface area (Å²) in [7, 11) is 0. The molecule has 0 aliphatic heterocycles. The van der Waals surface area contributed by atoms with E-state index in [1.807, 2.05) is 0 Å². The molecular formula is C15H23Cl2NO2. The van der Waals surface area contributed by atoms with E-state index in [0.717, 1.165) is 19.4 Å². The molecule has 3 nitrogen and oxygen atoms in total. The quantitative estimate of drug-likeness (QED) is 0.750. The number of hydrogen-bond acceptors (Lipinski definition) is 3. The van der Waals surface area contributed by atoms with Gasteiger partial charge in [-0.15, -0.1) is 0 Å². The van der Waals surface area contributed by atoms with Crippen LogP contribution in [0.15, 0.2) is 18.2 Å². The summed E-state index contributed by atoms with van der Waals surface area (Å²) in [6.07, 6.45) is 2.14. The van der Waals surface area contributed by atoms with Crippen LogP contribution in [0.2, 0.25) is 10.0 Å². The van der Waals surface area contributed by atoms with Crippen LogP contribution in [0.3, 0.4) is 0 Å². The van der Waals surface area contributed by atoms with E-state index in [-0.39, 0.29) is 6.61 Å². The SMILES string of the molecule is CCC(CC)N(CCO)CCOc1ccc(Cl)cc1Cl. The van der Waals surface area contributed by atoms with Gasteiger partial charge in [-0.2, -0.15) is 0 Å². The van der Waals surface area contributed by atoms with Crippen LogP contribution < -0.4 is 4.74 Å². The van der Waals surface area contributed by atoms with Gasteiger partial charge in [0.05, 0.1) is 11.6 Å². The van der Waals surface area contributed by atoms with E-state index in [1.54, 1.807) is 18.2 Å². The molecule has 0 atom stereocenters. The van der Waals surface area contributed by atoms with E-state index in [9.17, 15) is 0 Å². The standard InChI is InChI=1S/C15H23Cl2NO2/c1-3-13(4-2)18(7-9-19)8-10-20-15-6-5-12(16)11-14(15)17/h5-6,11,13,19H,3-4,7-10H2,1-2H3. The molecule has 0 radical (unpaired) electrons. The predicted molar refractivity (Wildman–Crippen MR) is 85.0 cm³/mol. The highest BCUT2D eigenvalue weighted by atomic mass is 35.5. The Kier molecular flexibility index (Phi) is 8.31. The summed E-state index contributed by atoms with van der Waals surface area (Å²) in [5, 5.41) is 10.3. The van der Waals surface area contributed by atoms with Gasteiger partial charge >= 0.3 is 0 Å². The van der Waals surface area contributed by atoms with Crippen LogP contribution in [0.4, 0.5) is 0 Å². The Morgan fingerprint density at radius 3 is 2.45 bits per heavy atom. The van der Waals surface area contributed by atoms with Crippen molar-refractivity contribution >= 4 is 23.2 Å². The molecule has 0 amide bonds. The monoisotopic (exact) mass is 319 g/mol. The molecule has 0 unspecified atom stereocenters. The van der Waals surface area contributed by atoms with Crippen LogP contribution in [0.5, 0.6) is 5.75 Å². The minimum atomic E-state index is 0.165. The summed E-state index contributed by atoms with van der Waals surface area (Å²) < 4.78 is 5.69. The van der Waals surface area contributed by atoms with Crippen LogP contribution in [0.25, 0.3) is 0 Å². The van der Waals surface area contributed by atoms with Gasteiger partial charge in [-0.25, -0.2) is 0 Å². The van der Waals surface area contributed by atoms with Crippen LogP contribution in [0, 0.1) is 0 Å². The Morgan fingerprint density at radius 2 is 1.90 bits per heavy atom. The van der Waals surface area contributed by atoms with Gasteiger partial charge in [0.15, 0.2) is 0 Å². The second-order valence-electron chi connectivity index (χ2n) is 4.65. The van der Waals surface area contributed by atoms with E-state index in [2.05, 4.69) is 18.7 Å². The van der Waals surface area contributed by atoms with Gasteiger partial charge in [0.2, 0.25) is 0 Å². The molecule has 1 aromatic carbocycles. The van der Waals surface area contributed by atoms with E-state index >= 15 is 0 Å². The second kappa shape index (κ2) is 9.46. The van der Waals surface area contributed by atoms with Gasteiger partial charge < -0.3 is 9.84 Å². The Labute approximate surface area is 131 Å². The maximum Gasteiger partial charge on any atom is 0.138 e. The van der Waals surface area contributed by atoms with Gasteiger partial charge in [-0.05, 0) is 31.0 Å². The molecule has 0 heterocycles. The summed E-state index contributed by atoms with van der Waals surface area (Å²) >= 11 is 11.9. The van der Waals surface area contributed by atoms with Gasteiger partial charge in [0, 0.05) is 24.2 Å². The van der Waals surface area contributed by atoms with E-state index in [0.29, 0.717) is 35.0 Å². The number of nitrogens with zero attached hydrogens (tertiary/aromatic N) is 1. The molecule has 0 aliphatic carbocycles. The van der Waals surface area contributed by atoms with Gasteiger partial charge in [-0.3, -0.25) is 4.90 Å². The van der Waals surface area contributed by atoms with Crippen LogP contribution in [-0.4, -0.2) is 42.4 Å². The highest BCUT2D eigenvalue weighted by Crippen LogP contribution is 2.27. The average molecular weight is 320 g/mol. The van der Waals surface area contributed by atoms with Crippen LogP contribution in [-0.2, 0) is 0 Å². The number of aliphatic hydroxyl groups is 1. The minimum Gasteiger partial charge on any atom is -0.491 e. The van der Waals surface area contributed by atoms with Crippen molar-refractivity contribution in [2.45, 2.75) is 32.7 Å². The molecule has 20 heavy (non-hydrogen) atoms. The smallest absolute Gasteiger partial charge is 0.138 e. The minimum absolute atomic E-state index is 0.165. The van der Waals surface area contributed by atoms with Gasteiger partial charge in [-0.1, -0.05) is 37.0 Å². The molecule has 0 bridgehead atoms. The number of ether oxygens (including phenoxy) is 1. The fraction of sp³-hybridized carbons (Fsp3) is 0.600. The molecular weight excluding hydrogens is 297 g/mol. The third-order valence-electron chi connectivity index (χ3n) is 3.38. The van der Waals surface area contributed by atoms with E-state index in [4.69, 9.17) is 33.0 Å². The summed E-state index contributed by atoms with van der Waals surface area (Å²) in [5.74, 6) is 0.643. The molecule has 0 saturated carbocycles. The number of rotatable bonds is 9. The van der Waals surface area contributed by atoms with Crippen LogP contribution in [0.1, 0.15) is 26.7 Å². The second-order valence-corrected chi connectivity index (χ2v) is 5.50. The van der Waals surface area contributed by atoms with Crippen molar-refractivity contribution in [2.24, 2.45) is 0 Å². The topological polar surface area (TPSA) is 32.7 Å². The fourth-order valence-corrected chi connectivity index (χ4v) is 2.74. The molecule has 0 saturated heterocycles. The van der Waals surface area contributed by atoms with Crippen molar-refractivity contribution in [3.8, 4) is 5.75 Å². The zero-order valence-electron chi connectivity index (χ0n) is 12.1. The predicted octanol–water partition coefficient (Wildman–Crippen LogP) is 3.86. The van der Waals surface area contributed by atoms with E-state index < -0.39 is 0 Å². The van der Waals surface area contributed by atoms with Crippen molar-refractivity contribution in [3.05, 3.63) is 28.2 Å². The molecule has 0 aliphatic rings. The first kappa shape index (κ1) is 17.6. The number of aliphatic hydroxyl groups excluding tert-OH is 1. The van der Waals surface area contributed by atoms with Crippen LogP contribution >= 0.6 is 23.2 Å². The molecule has 5 heteroatoms. The number of benzene rings is 1. The summed E-state index contributed by atoms with van der Waals surface area (Å²) in [6.45, 7) is 6.47.